The molecule has 1 heterocycles. The van der Waals surface area contributed by atoms with Crippen molar-refractivity contribution in [3.8, 4) is 0 Å². The minimum Gasteiger partial charge on any atom is -0.384 e. The lowest BCUT2D eigenvalue weighted by atomic mass is 10.2. The summed E-state index contributed by atoms with van der Waals surface area (Å²) in [6, 6.07) is 0. The number of methoxy groups -OCH3 is 1. The summed E-state index contributed by atoms with van der Waals surface area (Å²) >= 11 is 4.73. The molecule has 2 N–H and O–H groups in total. The average molecular weight is 186 g/mol. The van der Waals surface area contributed by atoms with Crippen LogP contribution in [0.1, 0.15) is 5.56 Å². The van der Waals surface area contributed by atoms with Crippen LogP contribution in [0.4, 0.5) is 0 Å². The molecule has 0 aliphatic heterocycles. The van der Waals surface area contributed by atoms with Crippen molar-refractivity contribution >= 4 is 12.2 Å². The Balaban J connectivity index is 2.87. The van der Waals surface area contributed by atoms with E-state index in [0.29, 0.717) is 23.4 Å². The molecule has 0 aromatic carbocycles. The second-order valence-electron chi connectivity index (χ2n) is 2.34. The summed E-state index contributed by atoms with van der Waals surface area (Å²) in [5.41, 5.74) is 0.515. The third-order valence-corrected chi connectivity index (χ3v) is 1.69. The van der Waals surface area contributed by atoms with Gasteiger partial charge in [-0.25, -0.2) is 0 Å². The Morgan fingerprint density at radius 1 is 1.67 bits per heavy atom. The molecule has 0 saturated carbocycles. The van der Waals surface area contributed by atoms with Gasteiger partial charge < -0.3 is 9.72 Å². The van der Waals surface area contributed by atoms with Gasteiger partial charge in [0.2, 0.25) is 0 Å². The lowest BCUT2D eigenvalue weighted by Crippen LogP contribution is -2.14. The molecular formula is C7H10N2O2S. The summed E-state index contributed by atoms with van der Waals surface area (Å²) < 4.78 is 5.19. The van der Waals surface area contributed by atoms with Crippen LogP contribution in [0.2, 0.25) is 0 Å². The normalized spacial score (nSPS) is 10.1. The molecule has 5 heteroatoms. The van der Waals surface area contributed by atoms with E-state index < -0.39 is 0 Å². The zero-order valence-electron chi connectivity index (χ0n) is 6.72. The van der Waals surface area contributed by atoms with Crippen molar-refractivity contribution in [2.75, 3.05) is 13.7 Å². The van der Waals surface area contributed by atoms with Gasteiger partial charge in [-0.1, -0.05) is 0 Å². The molecule has 66 valence electrons. The van der Waals surface area contributed by atoms with Gasteiger partial charge in [0.25, 0.3) is 5.56 Å². The number of H-pyrrole nitrogens is 2. The molecule has 1 aromatic heterocycles. The fourth-order valence-corrected chi connectivity index (χ4v) is 0.987. The topological polar surface area (TPSA) is 57.9 Å². The first-order valence-corrected chi connectivity index (χ1v) is 3.94. The first-order chi connectivity index (χ1) is 5.74. The van der Waals surface area contributed by atoms with Gasteiger partial charge in [-0.05, 0) is 12.2 Å². The summed E-state index contributed by atoms with van der Waals surface area (Å²) in [7, 11) is 1.60. The number of hydrogen-bond acceptors (Lipinski definition) is 3. The maximum Gasteiger partial charge on any atom is 0.254 e. The fourth-order valence-electron chi connectivity index (χ4n) is 0.835. The van der Waals surface area contributed by atoms with Crippen molar-refractivity contribution in [2.45, 2.75) is 6.42 Å². The highest BCUT2D eigenvalue weighted by molar-refractivity contribution is 7.71. The number of ether oxygens (including phenoxy) is 1. The summed E-state index contributed by atoms with van der Waals surface area (Å²) in [6.07, 6.45) is 2.21. The van der Waals surface area contributed by atoms with Crippen LogP contribution >= 0.6 is 12.2 Å². The number of aromatic amines is 2. The van der Waals surface area contributed by atoms with Gasteiger partial charge in [0.05, 0.1) is 6.61 Å². The Morgan fingerprint density at radius 3 is 3.00 bits per heavy atom. The predicted molar refractivity (Wildman–Crippen MR) is 47.8 cm³/mol. The number of hydrogen-bond donors (Lipinski definition) is 2. The smallest absolute Gasteiger partial charge is 0.254 e. The monoisotopic (exact) mass is 186 g/mol. The Labute approximate surface area is 74.6 Å². The third-order valence-electron chi connectivity index (χ3n) is 1.47. The van der Waals surface area contributed by atoms with Crippen LogP contribution < -0.4 is 5.56 Å². The van der Waals surface area contributed by atoms with E-state index in [-0.39, 0.29) is 5.56 Å². The highest BCUT2D eigenvalue weighted by Crippen LogP contribution is 1.88. The van der Waals surface area contributed by atoms with Crippen LogP contribution in [0, 0.1) is 4.77 Å². The molecule has 0 bridgehead atoms. The molecule has 0 unspecified atom stereocenters. The largest absolute Gasteiger partial charge is 0.384 e. The van der Waals surface area contributed by atoms with E-state index in [2.05, 4.69) is 9.97 Å². The van der Waals surface area contributed by atoms with Crippen LogP contribution in [0.3, 0.4) is 0 Å². The van der Waals surface area contributed by atoms with Gasteiger partial charge >= 0.3 is 0 Å². The van der Waals surface area contributed by atoms with Crippen molar-refractivity contribution < 1.29 is 4.74 Å². The summed E-state index contributed by atoms with van der Waals surface area (Å²) in [4.78, 5) is 16.4. The quantitative estimate of drug-likeness (QED) is 0.680. The third kappa shape index (κ3) is 2.28. The van der Waals surface area contributed by atoms with Crippen LogP contribution in [-0.2, 0) is 11.2 Å². The van der Waals surface area contributed by atoms with Crippen LogP contribution in [0.25, 0.3) is 0 Å². The van der Waals surface area contributed by atoms with Crippen LogP contribution in [-0.4, -0.2) is 23.7 Å². The van der Waals surface area contributed by atoms with Gasteiger partial charge in [0.1, 0.15) is 0 Å². The summed E-state index contributed by atoms with van der Waals surface area (Å²) in [5, 5.41) is 0. The molecule has 1 aromatic rings. The summed E-state index contributed by atoms with van der Waals surface area (Å²) in [6.45, 7) is 0.535. The average Bonchev–Trinajstić information content (AvgIpc) is 2.03. The first kappa shape index (κ1) is 9.15. The Bertz CT molecular complexity index is 355. The Kier molecular flexibility index (Phi) is 3.19. The van der Waals surface area contributed by atoms with Gasteiger partial charge in [-0.15, -0.1) is 0 Å². The number of nitrogens with one attached hydrogen (secondary N) is 2. The fraction of sp³-hybridized carbons (Fsp3) is 0.429. The lowest BCUT2D eigenvalue weighted by Gasteiger charge is -1.97. The van der Waals surface area contributed by atoms with Gasteiger partial charge in [-0.2, -0.15) is 0 Å². The van der Waals surface area contributed by atoms with E-state index in [9.17, 15) is 4.79 Å². The number of aromatic nitrogens is 2. The van der Waals surface area contributed by atoms with Gasteiger partial charge in [0, 0.05) is 25.3 Å². The highest BCUT2D eigenvalue weighted by Gasteiger charge is 1.97. The van der Waals surface area contributed by atoms with Crippen molar-refractivity contribution in [1.82, 2.24) is 9.97 Å². The molecule has 0 aliphatic carbocycles. The molecule has 0 saturated heterocycles. The molecule has 0 fully saturated rings. The molecule has 4 nitrogen and oxygen atoms in total. The summed E-state index contributed by atoms with van der Waals surface area (Å²) in [5.74, 6) is 0. The lowest BCUT2D eigenvalue weighted by molar-refractivity contribution is 0.202. The molecule has 1 rings (SSSR count). The second-order valence-corrected chi connectivity index (χ2v) is 2.75. The minimum absolute atomic E-state index is 0.143. The Hall–Kier alpha value is -0.940. The number of rotatable bonds is 3. The van der Waals surface area contributed by atoms with E-state index in [1.54, 1.807) is 13.3 Å². The van der Waals surface area contributed by atoms with E-state index >= 15 is 0 Å². The maximum atomic E-state index is 11.1. The molecule has 12 heavy (non-hydrogen) atoms. The molecule has 0 amide bonds. The van der Waals surface area contributed by atoms with E-state index in [1.165, 1.54) is 0 Å². The highest BCUT2D eigenvalue weighted by atomic mass is 32.1. The zero-order valence-corrected chi connectivity index (χ0v) is 7.53. The second kappa shape index (κ2) is 4.18. The Morgan fingerprint density at radius 2 is 2.42 bits per heavy atom. The SMILES string of the molecule is COCCc1c[nH]c(=S)[nH]c1=O. The van der Waals surface area contributed by atoms with Crippen LogP contribution in [0.5, 0.6) is 0 Å². The zero-order chi connectivity index (χ0) is 8.97. The van der Waals surface area contributed by atoms with Gasteiger partial charge in [0.15, 0.2) is 4.77 Å². The van der Waals surface area contributed by atoms with E-state index in [1.807, 2.05) is 0 Å². The van der Waals surface area contributed by atoms with Crippen molar-refractivity contribution in [3.05, 3.63) is 26.9 Å². The van der Waals surface area contributed by atoms with Gasteiger partial charge in [-0.3, -0.25) is 9.78 Å². The molecule has 0 aliphatic rings. The van der Waals surface area contributed by atoms with Crippen molar-refractivity contribution in [3.63, 3.8) is 0 Å². The molecule has 0 spiro atoms. The van der Waals surface area contributed by atoms with Crippen molar-refractivity contribution in [2.24, 2.45) is 0 Å². The van der Waals surface area contributed by atoms with Crippen molar-refractivity contribution in [1.29, 1.82) is 0 Å². The minimum atomic E-state index is -0.143. The molecular weight excluding hydrogens is 176 g/mol. The van der Waals surface area contributed by atoms with E-state index in [0.717, 1.165) is 0 Å². The first-order valence-electron chi connectivity index (χ1n) is 3.54. The van der Waals surface area contributed by atoms with Crippen LogP contribution in [0.15, 0.2) is 11.0 Å². The maximum absolute atomic E-state index is 11.1. The van der Waals surface area contributed by atoms with E-state index in [4.69, 9.17) is 17.0 Å². The standard InChI is InChI=1S/C7H10N2O2S/c1-11-3-2-5-4-8-7(12)9-6(5)10/h4H,2-3H2,1H3,(H2,8,9,10,12). The molecule has 0 atom stereocenters. The predicted octanol–water partition coefficient (Wildman–Crippen LogP) is 0.621. The molecule has 0 radical (unpaired) electrons.